The van der Waals surface area contributed by atoms with Crippen LogP contribution < -0.4 is 20.5 Å². The van der Waals surface area contributed by atoms with E-state index in [1.165, 1.54) is 6.26 Å². The minimum atomic E-state index is 0.199. The number of methoxy groups -OCH3 is 2. The number of nitrogens with zero attached hydrogens (tertiary/aromatic N) is 2. The molecule has 0 radical (unpaired) electrons. The van der Waals surface area contributed by atoms with Crippen LogP contribution in [0.3, 0.4) is 0 Å². The predicted octanol–water partition coefficient (Wildman–Crippen LogP) is 1.93. The summed E-state index contributed by atoms with van der Waals surface area (Å²) in [5.74, 6) is 1.58. The summed E-state index contributed by atoms with van der Waals surface area (Å²) < 4.78 is 15.7. The normalized spacial score (nSPS) is 11.3. The molecule has 1 aromatic carbocycles. The Hall–Kier alpha value is -2.70. The first-order chi connectivity index (χ1) is 10.1. The first-order valence-corrected chi connectivity index (χ1v) is 6.33. The minimum Gasteiger partial charge on any atom is -0.496 e. The van der Waals surface area contributed by atoms with Gasteiger partial charge in [0.2, 0.25) is 0 Å². The first kappa shape index (κ1) is 14.7. The lowest BCUT2D eigenvalue weighted by Crippen LogP contribution is -2.22. The summed E-state index contributed by atoms with van der Waals surface area (Å²) >= 11 is 0. The van der Waals surface area contributed by atoms with Crippen molar-refractivity contribution in [1.29, 1.82) is 0 Å². The molecule has 112 valence electrons. The Morgan fingerprint density at radius 3 is 2.52 bits per heavy atom. The van der Waals surface area contributed by atoms with Gasteiger partial charge >= 0.3 is 6.01 Å². The number of benzene rings is 1. The molecule has 0 saturated heterocycles. The summed E-state index contributed by atoms with van der Waals surface area (Å²) in [5.41, 5.74) is 7.38. The molecule has 0 atom stereocenters. The zero-order chi connectivity index (χ0) is 15.2. The Labute approximate surface area is 122 Å². The van der Waals surface area contributed by atoms with Crippen LogP contribution in [0.1, 0.15) is 11.3 Å². The lowest BCUT2D eigenvalue weighted by atomic mass is 10.2. The molecule has 3 N–H and O–H groups in total. The van der Waals surface area contributed by atoms with Crippen LogP contribution in [0.2, 0.25) is 0 Å². The van der Waals surface area contributed by atoms with Gasteiger partial charge in [0.1, 0.15) is 17.8 Å². The maximum absolute atomic E-state index is 5.80. The van der Waals surface area contributed by atoms with Crippen LogP contribution in [0, 0.1) is 6.92 Å². The molecular weight excluding hydrogens is 272 g/mol. The minimum absolute atomic E-state index is 0.199. The molecule has 0 unspecified atom stereocenters. The van der Waals surface area contributed by atoms with Crippen molar-refractivity contribution >= 4 is 12.0 Å². The molecule has 21 heavy (non-hydrogen) atoms. The average molecular weight is 290 g/mol. The summed E-state index contributed by atoms with van der Waals surface area (Å²) in [5, 5.41) is 2.78. The summed E-state index contributed by atoms with van der Waals surface area (Å²) in [4.78, 5) is 8.32. The van der Waals surface area contributed by atoms with E-state index in [9.17, 15) is 0 Å². The topological polar surface area (TPSA) is 94.9 Å². The fourth-order valence-electron chi connectivity index (χ4n) is 1.81. The van der Waals surface area contributed by atoms with Crippen molar-refractivity contribution in [1.82, 2.24) is 4.98 Å². The van der Waals surface area contributed by atoms with Crippen molar-refractivity contribution < 1.29 is 13.9 Å². The lowest BCUT2D eigenvalue weighted by Gasteiger charge is -2.11. The highest BCUT2D eigenvalue weighted by Gasteiger charge is 2.09. The highest BCUT2D eigenvalue weighted by molar-refractivity contribution is 5.90. The SMILES string of the molecule is COc1cccc(OC)c1CN=C(N)Nc1nc(C)co1. The molecule has 0 spiro atoms. The number of ether oxygens (including phenoxy) is 2. The lowest BCUT2D eigenvalue weighted by molar-refractivity contribution is 0.385. The summed E-state index contributed by atoms with van der Waals surface area (Å²) in [6, 6.07) is 5.84. The van der Waals surface area contributed by atoms with E-state index < -0.39 is 0 Å². The van der Waals surface area contributed by atoms with Crippen molar-refractivity contribution in [2.45, 2.75) is 13.5 Å². The van der Waals surface area contributed by atoms with E-state index in [0.29, 0.717) is 24.1 Å². The Balaban J connectivity index is 2.12. The quantitative estimate of drug-likeness (QED) is 0.645. The predicted molar refractivity (Wildman–Crippen MR) is 79.7 cm³/mol. The molecule has 0 aliphatic carbocycles. The zero-order valence-electron chi connectivity index (χ0n) is 12.2. The highest BCUT2D eigenvalue weighted by atomic mass is 16.5. The molecule has 2 rings (SSSR count). The summed E-state index contributed by atoms with van der Waals surface area (Å²) in [7, 11) is 3.19. The van der Waals surface area contributed by atoms with E-state index in [1.807, 2.05) is 25.1 Å². The number of nitrogens with one attached hydrogen (secondary N) is 1. The Morgan fingerprint density at radius 2 is 2.00 bits per heavy atom. The largest absolute Gasteiger partial charge is 0.496 e. The van der Waals surface area contributed by atoms with Crippen molar-refractivity contribution in [2.24, 2.45) is 10.7 Å². The molecule has 0 fully saturated rings. The third-order valence-electron chi connectivity index (χ3n) is 2.79. The molecule has 0 bridgehead atoms. The van der Waals surface area contributed by atoms with Gasteiger partial charge in [-0.2, -0.15) is 4.98 Å². The molecule has 0 saturated carbocycles. The third-order valence-corrected chi connectivity index (χ3v) is 2.79. The second-order valence-corrected chi connectivity index (χ2v) is 4.26. The van der Waals surface area contributed by atoms with Gasteiger partial charge in [-0.25, -0.2) is 4.99 Å². The van der Waals surface area contributed by atoms with Crippen molar-refractivity contribution in [3.63, 3.8) is 0 Å². The third kappa shape index (κ3) is 3.65. The highest BCUT2D eigenvalue weighted by Crippen LogP contribution is 2.28. The number of aryl methyl sites for hydroxylation is 1. The van der Waals surface area contributed by atoms with Crippen LogP contribution in [0.25, 0.3) is 0 Å². The van der Waals surface area contributed by atoms with Gasteiger partial charge in [0.05, 0.1) is 32.0 Å². The number of rotatable bonds is 5. The van der Waals surface area contributed by atoms with E-state index in [4.69, 9.17) is 19.6 Å². The molecule has 0 aliphatic heterocycles. The number of aromatic nitrogens is 1. The van der Waals surface area contributed by atoms with Gasteiger partial charge in [-0.3, -0.25) is 5.32 Å². The van der Waals surface area contributed by atoms with Gasteiger partial charge in [0.25, 0.3) is 0 Å². The van der Waals surface area contributed by atoms with Gasteiger partial charge in [0.15, 0.2) is 5.96 Å². The number of hydrogen-bond donors (Lipinski definition) is 2. The maximum atomic E-state index is 5.80. The van der Waals surface area contributed by atoms with Crippen LogP contribution in [0.5, 0.6) is 11.5 Å². The van der Waals surface area contributed by atoms with Crippen LogP contribution in [-0.2, 0) is 6.54 Å². The van der Waals surface area contributed by atoms with Crippen LogP contribution in [0.15, 0.2) is 33.9 Å². The molecular formula is C14H18N4O3. The van der Waals surface area contributed by atoms with Gasteiger partial charge in [-0.15, -0.1) is 0 Å². The monoisotopic (exact) mass is 290 g/mol. The molecule has 0 amide bonds. The zero-order valence-corrected chi connectivity index (χ0v) is 12.2. The fraction of sp³-hybridized carbons (Fsp3) is 0.286. The second-order valence-electron chi connectivity index (χ2n) is 4.26. The number of hydrogen-bond acceptors (Lipinski definition) is 5. The van der Waals surface area contributed by atoms with E-state index in [1.54, 1.807) is 14.2 Å². The molecule has 7 heteroatoms. The van der Waals surface area contributed by atoms with Gasteiger partial charge in [-0.05, 0) is 19.1 Å². The standard InChI is InChI=1S/C14H18N4O3/c1-9-8-21-14(17-9)18-13(15)16-7-10-11(19-2)5-4-6-12(10)20-3/h4-6,8H,7H2,1-3H3,(H3,15,16,17,18). The fourth-order valence-corrected chi connectivity index (χ4v) is 1.81. The van der Waals surface area contributed by atoms with Crippen LogP contribution >= 0.6 is 0 Å². The number of oxazole rings is 1. The number of anilines is 1. The van der Waals surface area contributed by atoms with Crippen LogP contribution in [-0.4, -0.2) is 25.2 Å². The smallest absolute Gasteiger partial charge is 0.301 e. The van der Waals surface area contributed by atoms with Gasteiger partial charge in [-0.1, -0.05) is 6.07 Å². The van der Waals surface area contributed by atoms with Crippen molar-refractivity contribution in [2.75, 3.05) is 19.5 Å². The van der Waals surface area contributed by atoms with Gasteiger partial charge in [0, 0.05) is 0 Å². The van der Waals surface area contributed by atoms with Crippen molar-refractivity contribution in [3.05, 3.63) is 35.7 Å². The van der Waals surface area contributed by atoms with Gasteiger partial charge < -0.3 is 19.6 Å². The van der Waals surface area contributed by atoms with Crippen molar-refractivity contribution in [3.8, 4) is 11.5 Å². The number of guanidine groups is 1. The summed E-state index contributed by atoms with van der Waals surface area (Å²) in [6.45, 7) is 2.13. The molecule has 0 aliphatic rings. The summed E-state index contributed by atoms with van der Waals surface area (Å²) in [6.07, 6.45) is 1.53. The number of nitrogens with two attached hydrogens (primary N) is 1. The molecule has 1 aromatic heterocycles. The van der Waals surface area contributed by atoms with Crippen LogP contribution in [0.4, 0.5) is 6.01 Å². The van der Waals surface area contributed by atoms with E-state index >= 15 is 0 Å². The van der Waals surface area contributed by atoms with E-state index in [0.717, 1.165) is 11.3 Å². The molecule has 2 aromatic rings. The first-order valence-electron chi connectivity index (χ1n) is 6.33. The average Bonchev–Trinajstić information content (AvgIpc) is 2.89. The molecule has 1 heterocycles. The second kappa shape index (κ2) is 6.65. The van der Waals surface area contributed by atoms with E-state index in [-0.39, 0.29) is 5.96 Å². The maximum Gasteiger partial charge on any atom is 0.301 e. The Kier molecular flexibility index (Phi) is 4.65. The Morgan fingerprint density at radius 1 is 1.33 bits per heavy atom. The molecule has 7 nitrogen and oxygen atoms in total. The Bertz CT molecular complexity index is 615. The number of aliphatic imine (C=N–C) groups is 1. The van der Waals surface area contributed by atoms with E-state index in [2.05, 4.69) is 15.3 Å².